The van der Waals surface area contributed by atoms with Gasteiger partial charge in [0.15, 0.2) is 0 Å². The van der Waals surface area contributed by atoms with Crippen molar-refractivity contribution in [2.24, 2.45) is 12.8 Å². The number of nitrogens with two attached hydrogens (primary N) is 1. The maximum absolute atomic E-state index is 6.52. The minimum absolute atomic E-state index is 0.122. The Bertz CT molecular complexity index is 521. The lowest BCUT2D eigenvalue weighted by molar-refractivity contribution is 0.464. The van der Waals surface area contributed by atoms with Crippen LogP contribution in [0.25, 0.3) is 11.0 Å². The van der Waals surface area contributed by atoms with E-state index in [0.717, 1.165) is 18.5 Å². The first-order valence-electron chi connectivity index (χ1n) is 5.90. The standard InChI is InChI=1S/C13H17N3/c1-16-9-11(13(14)6-2-3-7-13)10-5-4-8-15-12(10)16/h4-5,8-9H,2-3,6-7,14H2,1H3. The molecule has 0 spiro atoms. The predicted octanol–water partition coefficient (Wildman–Crippen LogP) is 2.30. The second kappa shape index (κ2) is 3.32. The Balaban J connectivity index is 2.24. The molecule has 2 heterocycles. The molecule has 1 aliphatic rings. The number of hydrogen-bond donors (Lipinski definition) is 1. The molecule has 84 valence electrons. The van der Waals surface area contributed by atoms with Gasteiger partial charge in [0.25, 0.3) is 0 Å². The van der Waals surface area contributed by atoms with Crippen LogP contribution in [0.15, 0.2) is 24.5 Å². The highest BCUT2D eigenvalue weighted by Crippen LogP contribution is 2.39. The highest BCUT2D eigenvalue weighted by Gasteiger charge is 2.33. The normalized spacial score (nSPS) is 19.4. The molecule has 0 aromatic carbocycles. The summed E-state index contributed by atoms with van der Waals surface area (Å²) in [6.07, 6.45) is 8.68. The summed E-state index contributed by atoms with van der Waals surface area (Å²) in [5, 5.41) is 1.22. The molecule has 3 nitrogen and oxygen atoms in total. The van der Waals surface area contributed by atoms with E-state index < -0.39 is 0 Å². The number of aromatic nitrogens is 2. The minimum Gasteiger partial charge on any atom is -0.335 e. The van der Waals surface area contributed by atoms with E-state index in [0.29, 0.717) is 0 Å². The number of rotatable bonds is 1. The Morgan fingerprint density at radius 2 is 2.12 bits per heavy atom. The van der Waals surface area contributed by atoms with E-state index in [2.05, 4.69) is 21.8 Å². The SMILES string of the molecule is Cn1cc(C2(N)CCCC2)c2cccnc21. The molecule has 0 aliphatic heterocycles. The zero-order valence-electron chi connectivity index (χ0n) is 9.61. The summed E-state index contributed by atoms with van der Waals surface area (Å²) in [6.45, 7) is 0. The summed E-state index contributed by atoms with van der Waals surface area (Å²) in [5.74, 6) is 0. The first-order chi connectivity index (χ1) is 7.71. The molecule has 16 heavy (non-hydrogen) atoms. The molecular formula is C13H17N3. The molecule has 2 aromatic heterocycles. The van der Waals surface area contributed by atoms with Crippen LogP contribution < -0.4 is 5.73 Å². The maximum atomic E-state index is 6.52. The Labute approximate surface area is 95.3 Å². The lowest BCUT2D eigenvalue weighted by atomic mass is 9.90. The van der Waals surface area contributed by atoms with E-state index in [1.54, 1.807) is 0 Å². The molecule has 0 atom stereocenters. The Morgan fingerprint density at radius 3 is 2.88 bits per heavy atom. The smallest absolute Gasteiger partial charge is 0.139 e. The third-order valence-corrected chi connectivity index (χ3v) is 3.77. The maximum Gasteiger partial charge on any atom is 0.139 e. The zero-order valence-corrected chi connectivity index (χ0v) is 9.61. The zero-order chi connectivity index (χ0) is 11.2. The van der Waals surface area contributed by atoms with E-state index >= 15 is 0 Å². The van der Waals surface area contributed by atoms with Crippen LogP contribution in [0.4, 0.5) is 0 Å². The monoisotopic (exact) mass is 215 g/mol. The van der Waals surface area contributed by atoms with Crippen molar-refractivity contribution in [3.05, 3.63) is 30.1 Å². The van der Waals surface area contributed by atoms with Crippen LogP contribution in [-0.2, 0) is 12.6 Å². The van der Waals surface area contributed by atoms with Crippen molar-refractivity contribution in [1.82, 2.24) is 9.55 Å². The predicted molar refractivity (Wildman–Crippen MR) is 65.0 cm³/mol. The van der Waals surface area contributed by atoms with Gasteiger partial charge >= 0.3 is 0 Å². The fraction of sp³-hybridized carbons (Fsp3) is 0.462. The third-order valence-electron chi connectivity index (χ3n) is 3.77. The average molecular weight is 215 g/mol. The molecule has 0 unspecified atom stereocenters. The van der Waals surface area contributed by atoms with E-state index in [4.69, 9.17) is 5.73 Å². The van der Waals surface area contributed by atoms with Gasteiger partial charge in [-0.15, -0.1) is 0 Å². The lowest BCUT2D eigenvalue weighted by Crippen LogP contribution is -2.32. The van der Waals surface area contributed by atoms with Gasteiger partial charge in [0.1, 0.15) is 5.65 Å². The van der Waals surface area contributed by atoms with Crippen molar-refractivity contribution in [3.8, 4) is 0 Å². The van der Waals surface area contributed by atoms with Crippen LogP contribution in [-0.4, -0.2) is 9.55 Å². The largest absolute Gasteiger partial charge is 0.335 e. The quantitative estimate of drug-likeness (QED) is 0.793. The second-order valence-corrected chi connectivity index (χ2v) is 4.89. The topological polar surface area (TPSA) is 43.8 Å². The molecule has 0 bridgehead atoms. The molecule has 0 amide bonds. The average Bonchev–Trinajstić information content (AvgIpc) is 2.86. The fourth-order valence-corrected chi connectivity index (χ4v) is 2.88. The van der Waals surface area contributed by atoms with E-state index in [1.807, 2.05) is 19.3 Å². The highest BCUT2D eigenvalue weighted by atomic mass is 15.0. The number of hydrogen-bond acceptors (Lipinski definition) is 2. The molecule has 3 rings (SSSR count). The summed E-state index contributed by atoms with van der Waals surface area (Å²) < 4.78 is 2.08. The van der Waals surface area contributed by atoms with Crippen LogP contribution in [0, 0.1) is 0 Å². The molecule has 2 aromatic rings. The van der Waals surface area contributed by atoms with Crippen LogP contribution in [0.2, 0.25) is 0 Å². The van der Waals surface area contributed by atoms with Crippen molar-refractivity contribution in [1.29, 1.82) is 0 Å². The number of pyridine rings is 1. The fourth-order valence-electron chi connectivity index (χ4n) is 2.88. The van der Waals surface area contributed by atoms with Crippen LogP contribution >= 0.6 is 0 Å². The van der Waals surface area contributed by atoms with Crippen LogP contribution in [0.1, 0.15) is 31.2 Å². The molecule has 2 N–H and O–H groups in total. The lowest BCUT2D eigenvalue weighted by Gasteiger charge is -2.22. The van der Waals surface area contributed by atoms with Crippen LogP contribution in [0.5, 0.6) is 0 Å². The van der Waals surface area contributed by atoms with E-state index in [1.165, 1.54) is 23.8 Å². The second-order valence-electron chi connectivity index (χ2n) is 4.89. The first-order valence-corrected chi connectivity index (χ1v) is 5.90. The van der Waals surface area contributed by atoms with Gasteiger partial charge in [-0.25, -0.2) is 4.98 Å². The van der Waals surface area contributed by atoms with Gasteiger partial charge in [0.2, 0.25) is 0 Å². The number of fused-ring (bicyclic) bond motifs is 1. The van der Waals surface area contributed by atoms with Crippen LogP contribution in [0.3, 0.4) is 0 Å². The Hall–Kier alpha value is -1.35. The summed E-state index contributed by atoms with van der Waals surface area (Å²) >= 11 is 0. The molecule has 3 heteroatoms. The number of nitrogens with zero attached hydrogens (tertiary/aromatic N) is 2. The highest BCUT2D eigenvalue weighted by molar-refractivity contribution is 5.81. The third kappa shape index (κ3) is 1.28. The molecule has 1 fully saturated rings. The molecule has 1 saturated carbocycles. The van der Waals surface area contributed by atoms with Crippen molar-refractivity contribution in [2.75, 3.05) is 0 Å². The van der Waals surface area contributed by atoms with Crippen molar-refractivity contribution in [2.45, 2.75) is 31.2 Å². The van der Waals surface area contributed by atoms with Gasteiger partial charge in [0.05, 0.1) is 0 Å². The van der Waals surface area contributed by atoms with E-state index in [9.17, 15) is 0 Å². The van der Waals surface area contributed by atoms with E-state index in [-0.39, 0.29) is 5.54 Å². The minimum atomic E-state index is -0.122. The van der Waals surface area contributed by atoms with Crippen molar-refractivity contribution < 1.29 is 0 Å². The summed E-state index contributed by atoms with van der Waals surface area (Å²) in [4.78, 5) is 4.41. The van der Waals surface area contributed by atoms with Crippen molar-refractivity contribution in [3.63, 3.8) is 0 Å². The van der Waals surface area contributed by atoms with Crippen molar-refractivity contribution >= 4 is 11.0 Å². The van der Waals surface area contributed by atoms with Gasteiger partial charge in [-0.2, -0.15) is 0 Å². The van der Waals surface area contributed by atoms with Gasteiger partial charge in [0, 0.05) is 30.4 Å². The number of aryl methyl sites for hydroxylation is 1. The molecule has 0 radical (unpaired) electrons. The van der Waals surface area contributed by atoms with Gasteiger partial charge in [-0.1, -0.05) is 12.8 Å². The molecule has 1 aliphatic carbocycles. The molecular weight excluding hydrogens is 198 g/mol. The summed E-state index contributed by atoms with van der Waals surface area (Å²) in [6, 6.07) is 4.12. The Morgan fingerprint density at radius 1 is 1.38 bits per heavy atom. The molecule has 0 saturated heterocycles. The van der Waals surface area contributed by atoms with Gasteiger partial charge < -0.3 is 10.3 Å². The summed E-state index contributed by atoms with van der Waals surface area (Å²) in [5.41, 5.74) is 8.71. The van der Waals surface area contributed by atoms with Gasteiger partial charge in [-0.3, -0.25) is 0 Å². The van der Waals surface area contributed by atoms with Gasteiger partial charge in [-0.05, 0) is 30.5 Å². The summed E-state index contributed by atoms with van der Waals surface area (Å²) in [7, 11) is 2.04. The first kappa shape index (κ1) is 9.85. The Kier molecular flexibility index (Phi) is 2.04.